The molecule has 0 bridgehead atoms. The number of nitrogens with one attached hydrogen (secondary N) is 1. The number of hydrogen-bond acceptors (Lipinski definition) is 5. The van der Waals surface area contributed by atoms with E-state index in [2.05, 4.69) is 28.2 Å². The standard InChI is InChI=1S/C17H26N4O/c1-12-10-16(20-17(18-12)13-2-3-13)19-14-4-7-21(11-14)15-5-8-22-9-6-15/h10,13-15H,2-9,11H2,1H3,(H,18,19,20). The second kappa shape index (κ2) is 6.13. The topological polar surface area (TPSA) is 50.3 Å². The van der Waals surface area contributed by atoms with Crippen LogP contribution in [0.3, 0.4) is 0 Å². The molecule has 5 heteroatoms. The van der Waals surface area contributed by atoms with Crippen LogP contribution >= 0.6 is 0 Å². The van der Waals surface area contributed by atoms with E-state index in [0.29, 0.717) is 12.0 Å². The minimum atomic E-state index is 0.518. The largest absolute Gasteiger partial charge is 0.381 e. The Kier molecular flexibility index (Phi) is 4.01. The Morgan fingerprint density at radius 2 is 1.95 bits per heavy atom. The van der Waals surface area contributed by atoms with Crippen LogP contribution in [0.2, 0.25) is 0 Å². The highest BCUT2D eigenvalue weighted by Gasteiger charge is 2.30. The van der Waals surface area contributed by atoms with Crippen LogP contribution in [0.15, 0.2) is 6.07 Å². The molecular formula is C17H26N4O. The molecule has 0 radical (unpaired) electrons. The lowest BCUT2D eigenvalue weighted by Crippen LogP contribution is -2.39. The van der Waals surface area contributed by atoms with Gasteiger partial charge < -0.3 is 10.1 Å². The maximum Gasteiger partial charge on any atom is 0.134 e. The van der Waals surface area contributed by atoms with Crippen molar-refractivity contribution in [2.24, 2.45) is 0 Å². The van der Waals surface area contributed by atoms with E-state index >= 15 is 0 Å². The van der Waals surface area contributed by atoms with Crippen LogP contribution in [-0.2, 0) is 4.74 Å². The molecule has 2 aliphatic heterocycles. The molecule has 1 aromatic rings. The van der Waals surface area contributed by atoms with Crippen LogP contribution in [0.25, 0.3) is 0 Å². The Bertz CT molecular complexity index is 525. The molecule has 1 aliphatic carbocycles. The van der Waals surface area contributed by atoms with Gasteiger partial charge in [0.2, 0.25) is 0 Å². The van der Waals surface area contributed by atoms with Crippen LogP contribution in [0, 0.1) is 6.92 Å². The van der Waals surface area contributed by atoms with Gasteiger partial charge in [0.1, 0.15) is 11.6 Å². The van der Waals surface area contributed by atoms with Crippen LogP contribution in [0.1, 0.15) is 49.5 Å². The minimum absolute atomic E-state index is 0.518. The fourth-order valence-corrected chi connectivity index (χ4v) is 3.69. The number of aromatic nitrogens is 2. The Labute approximate surface area is 132 Å². The molecule has 4 rings (SSSR count). The van der Waals surface area contributed by atoms with E-state index in [1.54, 1.807) is 0 Å². The highest BCUT2D eigenvalue weighted by Crippen LogP contribution is 2.38. The third-order valence-corrected chi connectivity index (χ3v) is 5.09. The number of nitrogens with zero attached hydrogens (tertiary/aromatic N) is 3. The van der Waals surface area contributed by atoms with E-state index in [9.17, 15) is 0 Å². The van der Waals surface area contributed by atoms with Gasteiger partial charge in [-0.15, -0.1) is 0 Å². The van der Waals surface area contributed by atoms with E-state index in [4.69, 9.17) is 9.72 Å². The minimum Gasteiger partial charge on any atom is -0.381 e. The maximum atomic E-state index is 5.48. The van der Waals surface area contributed by atoms with Gasteiger partial charge in [-0.2, -0.15) is 0 Å². The zero-order valence-electron chi connectivity index (χ0n) is 13.4. The SMILES string of the molecule is Cc1cc(NC2CCN(C3CCOCC3)C2)nc(C2CC2)n1. The smallest absolute Gasteiger partial charge is 0.134 e. The Morgan fingerprint density at radius 1 is 1.14 bits per heavy atom. The molecule has 1 unspecified atom stereocenters. The normalized spacial score (nSPS) is 27.2. The molecule has 3 aliphatic rings. The first-order valence-corrected chi connectivity index (χ1v) is 8.72. The highest BCUT2D eigenvalue weighted by atomic mass is 16.5. The Balaban J connectivity index is 1.37. The lowest BCUT2D eigenvalue weighted by Gasteiger charge is -2.31. The van der Waals surface area contributed by atoms with Gasteiger partial charge in [0, 0.05) is 56.1 Å². The fraction of sp³-hybridized carbons (Fsp3) is 0.765. The molecule has 120 valence electrons. The van der Waals surface area contributed by atoms with Gasteiger partial charge in [0.05, 0.1) is 0 Å². The van der Waals surface area contributed by atoms with Crippen molar-refractivity contribution in [1.82, 2.24) is 14.9 Å². The molecule has 0 aromatic carbocycles. The van der Waals surface area contributed by atoms with Gasteiger partial charge in [0.15, 0.2) is 0 Å². The van der Waals surface area contributed by atoms with Crippen LogP contribution in [-0.4, -0.2) is 53.3 Å². The maximum absolute atomic E-state index is 5.48. The first kappa shape index (κ1) is 14.4. The van der Waals surface area contributed by atoms with E-state index in [1.165, 1.54) is 38.6 Å². The molecule has 1 atom stereocenters. The molecule has 0 spiro atoms. The predicted molar refractivity (Wildman–Crippen MR) is 86.2 cm³/mol. The van der Waals surface area contributed by atoms with Crippen LogP contribution in [0.5, 0.6) is 0 Å². The summed E-state index contributed by atoms with van der Waals surface area (Å²) in [6.45, 7) is 6.25. The van der Waals surface area contributed by atoms with Crippen LogP contribution < -0.4 is 5.32 Å². The molecule has 1 aromatic heterocycles. The number of rotatable bonds is 4. The van der Waals surface area contributed by atoms with Gasteiger partial charge in [-0.1, -0.05) is 0 Å². The lowest BCUT2D eigenvalue weighted by atomic mass is 10.1. The monoisotopic (exact) mass is 302 g/mol. The molecule has 0 amide bonds. The van der Waals surface area contributed by atoms with Crippen molar-refractivity contribution < 1.29 is 4.74 Å². The van der Waals surface area contributed by atoms with Gasteiger partial charge in [-0.05, 0) is 39.0 Å². The van der Waals surface area contributed by atoms with Crippen molar-refractivity contribution in [1.29, 1.82) is 0 Å². The quantitative estimate of drug-likeness (QED) is 0.925. The van der Waals surface area contributed by atoms with Gasteiger partial charge in [-0.25, -0.2) is 9.97 Å². The van der Waals surface area contributed by atoms with E-state index in [1.807, 2.05) is 0 Å². The molecule has 1 N–H and O–H groups in total. The molecule has 5 nitrogen and oxygen atoms in total. The summed E-state index contributed by atoms with van der Waals surface area (Å²) in [5, 5.41) is 3.65. The first-order valence-electron chi connectivity index (χ1n) is 8.72. The number of anilines is 1. The van der Waals surface area contributed by atoms with Gasteiger partial charge >= 0.3 is 0 Å². The van der Waals surface area contributed by atoms with E-state index in [0.717, 1.165) is 43.1 Å². The van der Waals surface area contributed by atoms with Crippen molar-refractivity contribution >= 4 is 5.82 Å². The molecular weight excluding hydrogens is 276 g/mol. The summed E-state index contributed by atoms with van der Waals surface area (Å²) >= 11 is 0. The van der Waals surface area contributed by atoms with E-state index in [-0.39, 0.29) is 0 Å². The first-order chi connectivity index (χ1) is 10.8. The third kappa shape index (κ3) is 3.25. The zero-order chi connectivity index (χ0) is 14.9. The number of likely N-dealkylation sites (tertiary alicyclic amines) is 1. The summed E-state index contributed by atoms with van der Waals surface area (Å²) in [4.78, 5) is 12.0. The summed E-state index contributed by atoms with van der Waals surface area (Å²) in [6.07, 6.45) is 6.09. The second-order valence-electron chi connectivity index (χ2n) is 7.00. The second-order valence-corrected chi connectivity index (χ2v) is 7.00. The average molecular weight is 302 g/mol. The predicted octanol–water partition coefficient (Wildman–Crippen LogP) is 2.33. The summed E-state index contributed by atoms with van der Waals surface area (Å²) in [6, 6.07) is 3.32. The summed E-state index contributed by atoms with van der Waals surface area (Å²) in [5.41, 5.74) is 1.08. The molecule has 3 fully saturated rings. The number of ether oxygens (including phenoxy) is 1. The third-order valence-electron chi connectivity index (χ3n) is 5.09. The number of hydrogen-bond donors (Lipinski definition) is 1. The van der Waals surface area contributed by atoms with Crippen molar-refractivity contribution in [3.63, 3.8) is 0 Å². The molecule has 3 heterocycles. The number of aryl methyl sites for hydroxylation is 1. The van der Waals surface area contributed by atoms with E-state index < -0.39 is 0 Å². The van der Waals surface area contributed by atoms with Crippen LogP contribution in [0.4, 0.5) is 5.82 Å². The van der Waals surface area contributed by atoms with Crippen molar-refractivity contribution in [3.05, 3.63) is 17.6 Å². The fourth-order valence-electron chi connectivity index (χ4n) is 3.69. The average Bonchev–Trinajstić information content (AvgIpc) is 3.28. The zero-order valence-corrected chi connectivity index (χ0v) is 13.4. The van der Waals surface area contributed by atoms with Crippen molar-refractivity contribution in [2.45, 2.75) is 57.0 Å². The molecule has 22 heavy (non-hydrogen) atoms. The Morgan fingerprint density at radius 3 is 2.73 bits per heavy atom. The molecule has 2 saturated heterocycles. The summed E-state index contributed by atoms with van der Waals surface area (Å²) in [7, 11) is 0. The summed E-state index contributed by atoms with van der Waals surface area (Å²) < 4.78 is 5.48. The van der Waals surface area contributed by atoms with Crippen molar-refractivity contribution in [3.8, 4) is 0 Å². The van der Waals surface area contributed by atoms with Gasteiger partial charge in [0.25, 0.3) is 0 Å². The summed E-state index contributed by atoms with van der Waals surface area (Å²) in [5.74, 6) is 2.68. The van der Waals surface area contributed by atoms with Crippen molar-refractivity contribution in [2.75, 3.05) is 31.6 Å². The lowest BCUT2D eigenvalue weighted by molar-refractivity contribution is 0.0421. The Hall–Kier alpha value is -1.20. The molecule has 1 saturated carbocycles. The van der Waals surface area contributed by atoms with Gasteiger partial charge in [-0.3, -0.25) is 4.90 Å². The highest BCUT2D eigenvalue weighted by molar-refractivity contribution is 5.38.